The Bertz CT molecular complexity index is 420. The molecule has 0 heterocycles. The van der Waals surface area contributed by atoms with Crippen molar-refractivity contribution < 1.29 is 9.53 Å². The Morgan fingerprint density at radius 2 is 2.11 bits per heavy atom. The molecule has 1 N–H and O–H groups in total. The number of hydrogen-bond donors (Lipinski definition) is 1. The molecule has 0 aliphatic heterocycles. The van der Waals surface area contributed by atoms with Gasteiger partial charge in [-0.05, 0) is 30.0 Å². The van der Waals surface area contributed by atoms with Crippen LogP contribution < -0.4 is 10.1 Å². The number of nitriles is 1. The van der Waals surface area contributed by atoms with Gasteiger partial charge in [-0.1, -0.05) is 19.1 Å². The van der Waals surface area contributed by atoms with Gasteiger partial charge in [-0.15, -0.1) is 0 Å². The molecule has 1 aromatic carbocycles. The average molecular weight is 246 g/mol. The van der Waals surface area contributed by atoms with E-state index in [-0.39, 0.29) is 18.4 Å². The topological polar surface area (TPSA) is 62.1 Å². The van der Waals surface area contributed by atoms with Crippen LogP contribution in [0.5, 0.6) is 5.75 Å². The Labute approximate surface area is 108 Å². The van der Waals surface area contributed by atoms with Gasteiger partial charge in [0.1, 0.15) is 12.3 Å². The molecule has 0 spiro atoms. The first kappa shape index (κ1) is 14.0. The van der Waals surface area contributed by atoms with E-state index in [1.807, 2.05) is 37.3 Å². The summed E-state index contributed by atoms with van der Waals surface area (Å²) in [6.45, 7) is 2.12. The van der Waals surface area contributed by atoms with Gasteiger partial charge in [0.25, 0.3) is 0 Å². The minimum atomic E-state index is -0.0841. The summed E-state index contributed by atoms with van der Waals surface area (Å²) in [5.41, 5.74) is 1.12. The number of nitrogens with one attached hydrogen (secondary N) is 1. The van der Waals surface area contributed by atoms with Gasteiger partial charge in [-0.3, -0.25) is 4.79 Å². The molecular weight excluding hydrogens is 228 g/mol. The molecule has 0 aromatic heterocycles. The first-order chi connectivity index (χ1) is 8.71. The monoisotopic (exact) mass is 246 g/mol. The molecule has 1 amide bonds. The van der Waals surface area contributed by atoms with E-state index in [9.17, 15) is 4.79 Å². The lowest BCUT2D eigenvalue weighted by molar-refractivity contribution is -0.121. The van der Waals surface area contributed by atoms with Crippen LogP contribution >= 0.6 is 0 Å². The zero-order valence-electron chi connectivity index (χ0n) is 10.8. The van der Waals surface area contributed by atoms with Crippen molar-refractivity contribution in [3.63, 3.8) is 0 Å². The van der Waals surface area contributed by atoms with Gasteiger partial charge in [0.2, 0.25) is 5.91 Å². The Balaban J connectivity index is 2.64. The fraction of sp³-hybridized carbons (Fsp3) is 0.429. The summed E-state index contributed by atoms with van der Waals surface area (Å²) >= 11 is 0. The van der Waals surface area contributed by atoms with Gasteiger partial charge in [-0.25, -0.2) is 0 Å². The van der Waals surface area contributed by atoms with Crippen LogP contribution in [0.3, 0.4) is 0 Å². The Kier molecular flexibility index (Phi) is 5.72. The highest BCUT2D eigenvalue weighted by Gasteiger charge is 2.14. The van der Waals surface area contributed by atoms with Crippen molar-refractivity contribution in [2.45, 2.75) is 25.7 Å². The van der Waals surface area contributed by atoms with E-state index in [1.165, 1.54) is 0 Å². The summed E-state index contributed by atoms with van der Waals surface area (Å²) in [6, 6.07) is 9.64. The second-order valence-electron chi connectivity index (χ2n) is 4.02. The van der Waals surface area contributed by atoms with Crippen molar-refractivity contribution in [1.29, 1.82) is 5.26 Å². The van der Waals surface area contributed by atoms with Crippen LogP contribution in [-0.2, 0) is 4.79 Å². The van der Waals surface area contributed by atoms with Gasteiger partial charge in [-0.2, -0.15) is 5.26 Å². The molecule has 4 heteroatoms. The lowest BCUT2D eigenvalue weighted by Crippen LogP contribution is -2.25. The van der Waals surface area contributed by atoms with Gasteiger partial charge in [0, 0.05) is 6.42 Å². The third kappa shape index (κ3) is 4.10. The van der Waals surface area contributed by atoms with E-state index in [2.05, 4.69) is 5.32 Å². The zero-order valence-corrected chi connectivity index (χ0v) is 10.8. The zero-order chi connectivity index (χ0) is 13.4. The molecule has 96 valence electrons. The van der Waals surface area contributed by atoms with Crippen LogP contribution in [0.2, 0.25) is 0 Å². The van der Waals surface area contributed by atoms with Crippen LogP contribution in [0.4, 0.5) is 0 Å². The standard InChI is InChI=1S/C14H18N2O2/c1-3-11(10-14(17)16-9-8-15)12-4-6-13(18-2)7-5-12/h4-7,11H,3,9-10H2,1-2H3,(H,16,17)/t11-/m1/s1. The predicted molar refractivity (Wildman–Crippen MR) is 69.3 cm³/mol. The molecular formula is C14H18N2O2. The summed E-state index contributed by atoms with van der Waals surface area (Å²) in [4.78, 5) is 11.6. The maximum absolute atomic E-state index is 11.6. The minimum absolute atomic E-state index is 0.0673. The molecule has 0 aliphatic carbocycles. The number of hydrogen-bond acceptors (Lipinski definition) is 3. The second kappa shape index (κ2) is 7.33. The lowest BCUT2D eigenvalue weighted by atomic mass is 9.93. The van der Waals surface area contributed by atoms with Crippen molar-refractivity contribution in [3.8, 4) is 11.8 Å². The molecule has 0 saturated carbocycles. The van der Waals surface area contributed by atoms with E-state index in [0.29, 0.717) is 6.42 Å². The molecule has 0 saturated heterocycles. The van der Waals surface area contributed by atoms with E-state index in [1.54, 1.807) is 7.11 Å². The van der Waals surface area contributed by atoms with Crippen molar-refractivity contribution in [2.75, 3.05) is 13.7 Å². The van der Waals surface area contributed by atoms with Crippen LogP contribution in [0.15, 0.2) is 24.3 Å². The summed E-state index contributed by atoms with van der Waals surface area (Å²) < 4.78 is 5.10. The van der Waals surface area contributed by atoms with Crippen molar-refractivity contribution in [3.05, 3.63) is 29.8 Å². The van der Waals surface area contributed by atoms with Gasteiger partial charge in [0.15, 0.2) is 0 Å². The molecule has 1 atom stereocenters. The fourth-order valence-corrected chi connectivity index (χ4v) is 1.81. The number of rotatable bonds is 6. The van der Waals surface area contributed by atoms with Crippen LogP contribution in [-0.4, -0.2) is 19.6 Å². The Hall–Kier alpha value is -2.02. The molecule has 1 rings (SSSR count). The molecule has 0 bridgehead atoms. The van der Waals surface area contributed by atoms with Gasteiger partial charge >= 0.3 is 0 Å². The first-order valence-electron chi connectivity index (χ1n) is 5.98. The highest BCUT2D eigenvalue weighted by Crippen LogP contribution is 2.25. The predicted octanol–water partition coefficient (Wildman–Crippen LogP) is 2.22. The number of carbonyl (C=O) groups excluding carboxylic acids is 1. The number of methoxy groups -OCH3 is 1. The maximum atomic E-state index is 11.6. The SMILES string of the molecule is CC[C@H](CC(=O)NCC#N)c1ccc(OC)cc1. The average Bonchev–Trinajstić information content (AvgIpc) is 2.42. The molecule has 18 heavy (non-hydrogen) atoms. The highest BCUT2D eigenvalue weighted by atomic mass is 16.5. The molecule has 0 aliphatic rings. The Morgan fingerprint density at radius 1 is 1.44 bits per heavy atom. The fourth-order valence-electron chi connectivity index (χ4n) is 1.81. The van der Waals surface area contributed by atoms with Gasteiger partial charge in [0.05, 0.1) is 13.2 Å². The minimum Gasteiger partial charge on any atom is -0.497 e. The number of benzene rings is 1. The van der Waals surface area contributed by atoms with E-state index < -0.39 is 0 Å². The van der Waals surface area contributed by atoms with E-state index in [4.69, 9.17) is 10.00 Å². The second-order valence-corrected chi connectivity index (χ2v) is 4.02. The number of carbonyl (C=O) groups is 1. The number of nitrogens with zero attached hydrogens (tertiary/aromatic N) is 1. The number of amides is 1. The Morgan fingerprint density at radius 3 is 2.61 bits per heavy atom. The largest absolute Gasteiger partial charge is 0.497 e. The molecule has 0 radical (unpaired) electrons. The molecule has 1 aromatic rings. The van der Waals surface area contributed by atoms with E-state index >= 15 is 0 Å². The molecule has 0 fully saturated rings. The highest BCUT2D eigenvalue weighted by molar-refractivity contribution is 5.77. The third-order valence-electron chi connectivity index (χ3n) is 2.88. The smallest absolute Gasteiger partial charge is 0.221 e. The van der Waals surface area contributed by atoms with Crippen molar-refractivity contribution in [2.24, 2.45) is 0 Å². The van der Waals surface area contributed by atoms with E-state index in [0.717, 1.165) is 17.7 Å². The lowest BCUT2D eigenvalue weighted by Gasteiger charge is -2.15. The third-order valence-corrected chi connectivity index (χ3v) is 2.88. The van der Waals surface area contributed by atoms with Crippen LogP contribution in [0.1, 0.15) is 31.2 Å². The normalized spacial score (nSPS) is 11.4. The summed E-state index contributed by atoms with van der Waals surface area (Å²) in [6.07, 6.45) is 1.29. The van der Waals surface area contributed by atoms with Crippen molar-refractivity contribution >= 4 is 5.91 Å². The molecule has 4 nitrogen and oxygen atoms in total. The quantitative estimate of drug-likeness (QED) is 0.783. The molecule has 0 unspecified atom stereocenters. The van der Waals surface area contributed by atoms with Crippen molar-refractivity contribution in [1.82, 2.24) is 5.32 Å². The maximum Gasteiger partial charge on any atom is 0.221 e. The number of ether oxygens (including phenoxy) is 1. The first-order valence-corrected chi connectivity index (χ1v) is 5.98. The summed E-state index contributed by atoms with van der Waals surface area (Å²) in [7, 11) is 1.63. The summed E-state index contributed by atoms with van der Waals surface area (Å²) in [5.74, 6) is 0.899. The van der Waals surface area contributed by atoms with Crippen LogP contribution in [0.25, 0.3) is 0 Å². The van der Waals surface area contributed by atoms with Crippen LogP contribution in [0, 0.1) is 11.3 Å². The van der Waals surface area contributed by atoms with Gasteiger partial charge < -0.3 is 10.1 Å². The summed E-state index contributed by atoms with van der Waals surface area (Å²) in [5, 5.41) is 11.0.